The van der Waals surface area contributed by atoms with Gasteiger partial charge in [0.2, 0.25) is 5.91 Å². The minimum Gasteiger partial charge on any atom is -0.480 e. The van der Waals surface area contributed by atoms with Crippen molar-refractivity contribution in [2.45, 2.75) is 38.8 Å². The van der Waals surface area contributed by atoms with Crippen LogP contribution in [0.2, 0.25) is 0 Å². The summed E-state index contributed by atoms with van der Waals surface area (Å²) in [4.78, 5) is 27.3. The van der Waals surface area contributed by atoms with E-state index in [1.165, 1.54) is 12.1 Å². The van der Waals surface area contributed by atoms with E-state index in [0.717, 1.165) is 16.7 Å². The molecule has 170 valence electrons. The first-order valence-electron chi connectivity index (χ1n) is 11.2. The maximum atomic E-state index is 13.2. The summed E-state index contributed by atoms with van der Waals surface area (Å²) in [7, 11) is 0. The maximum Gasteiger partial charge on any atom is 0.263 e. The van der Waals surface area contributed by atoms with Gasteiger partial charge in [-0.05, 0) is 54.3 Å². The Kier molecular flexibility index (Phi) is 7.03. The summed E-state index contributed by atoms with van der Waals surface area (Å²) in [5.74, 6) is 0.206. The Morgan fingerprint density at radius 2 is 1.82 bits per heavy atom. The number of ether oxygens (including phenoxy) is 1. The number of hydrogen-bond donors (Lipinski definition) is 1. The number of nitrogens with one attached hydrogen (secondary N) is 1. The summed E-state index contributed by atoms with van der Waals surface area (Å²) < 4.78 is 19.2. The van der Waals surface area contributed by atoms with Gasteiger partial charge in [-0.3, -0.25) is 9.59 Å². The highest BCUT2D eigenvalue weighted by Crippen LogP contribution is 2.29. The van der Waals surface area contributed by atoms with Crippen molar-refractivity contribution in [2.75, 3.05) is 11.9 Å². The molecule has 33 heavy (non-hydrogen) atoms. The van der Waals surface area contributed by atoms with E-state index in [1.54, 1.807) is 23.1 Å². The van der Waals surface area contributed by atoms with Gasteiger partial charge in [-0.25, -0.2) is 4.39 Å². The Balaban J connectivity index is 1.48. The predicted octanol–water partition coefficient (Wildman–Crippen LogP) is 4.75. The molecule has 4 rings (SSSR count). The smallest absolute Gasteiger partial charge is 0.263 e. The van der Waals surface area contributed by atoms with Crippen molar-refractivity contribution in [3.8, 4) is 5.75 Å². The van der Waals surface area contributed by atoms with Crippen LogP contribution < -0.4 is 10.1 Å². The van der Waals surface area contributed by atoms with Crippen LogP contribution >= 0.6 is 0 Å². The van der Waals surface area contributed by atoms with E-state index < -0.39 is 6.10 Å². The van der Waals surface area contributed by atoms with Crippen LogP contribution in [-0.2, 0) is 29.0 Å². The number of amides is 2. The second-order valence-electron chi connectivity index (χ2n) is 8.18. The van der Waals surface area contributed by atoms with Crippen LogP contribution in [0.4, 0.5) is 10.1 Å². The molecule has 1 unspecified atom stereocenters. The predicted molar refractivity (Wildman–Crippen MR) is 125 cm³/mol. The zero-order valence-electron chi connectivity index (χ0n) is 18.6. The summed E-state index contributed by atoms with van der Waals surface area (Å²) in [6.07, 6.45) is 0.902. The quantitative estimate of drug-likeness (QED) is 0.570. The molecule has 0 radical (unpaired) electrons. The number of hydrogen-bond acceptors (Lipinski definition) is 3. The minimum absolute atomic E-state index is 0.0644. The lowest BCUT2D eigenvalue weighted by Gasteiger charge is -2.23. The molecule has 5 nitrogen and oxygen atoms in total. The molecule has 1 heterocycles. The van der Waals surface area contributed by atoms with E-state index in [2.05, 4.69) is 5.32 Å². The van der Waals surface area contributed by atoms with E-state index in [0.29, 0.717) is 37.4 Å². The Labute approximate surface area is 193 Å². The van der Waals surface area contributed by atoms with Crippen LogP contribution in [0.1, 0.15) is 30.0 Å². The van der Waals surface area contributed by atoms with Crippen LogP contribution in [0, 0.1) is 5.82 Å². The third-order valence-corrected chi connectivity index (χ3v) is 5.72. The van der Waals surface area contributed by atoms with Crippen LogP contribution in [-0.4, -0.2) is 29.4 Å². The number of fused-ring (bicyclic) bond motifs is 1. The summed E-state index contributed by atoms with van der Waals surface area (Å²) in [5.41, 5.74) is 3.41. The number of nitrogens with zero attached hydrogens (tertiary/aromatic N) is 1. The second kappa shape index (κ2) is 10.3. The number of carbonyl (C=O) groups is 2. The van der Waals surface area contributed by atoms with Gasteiger partial charge in [-0.2, -0.15) is 0 Å². The highest BCUT2D eigenvalue weighted by molar-refractivity contribution is 5.92. The maximum absolute atomic E-state index is 13.2. The van der Waals surface area contributed by atoms with E-state index in [-0.39, 0.29) is 24.1 Å². The van der Waals surface area contributed by atoms with Gasteiger partial charge in [-0.1, -0.05) is 49.4 Å². The first kappa shape index (κ1) is 22.5. The molecule has 1 aliphatic heterocycles. The molecule has 0 bridgehead atoms. The van der Waals surface area contributed by atoms with Crippen LogP contribution in [0.5, 0.6) is 5.75 Å². The zero-order valence-corrected chi connectivity index (χ0v) is 18.6. The first-order valence-corrected chi connectivity index (χ1v) is 11.2. The van der Waals surface area contributed by atoms with Crippen molar-refractivity contribution in [3.05, 3.63) is 95.3 Å². The molecule has 3 aromatic rings. The summed E-state index contributed by atoms with van der Waals surface area (Å²) in [6, 6.07) is 21.4. The fourth-order valence-electron chi connectivity index (χ4n) is 3.94. The van der Waals surface area contributed by atoms with Crippen molar-refractivity contribution in [1.82, 2.24) is 4.90 Å². The molecule has 0 spiro atoms. The van der Waals surface area contributed by atoms with Gasteiger partial charge in [0.25, 0.3) is 5.91 Å². The van der Waals surface area contributed by atoms with Crippen LogP contribution in [0.3, 0.4) is 0 Å². The van der Waals surface area contributed by atoms with Crippen molar-refractivity contribution in [3.63, 3.8) is 0 Å². The Bertz CT molecular complexity index is 1120. The molecule has 1 atom stereocenters. The topological polar surface area (TPSA) is 58.6 Å². The highest BCUT2D eigenvalue weighted by Gasteiger charge is 2.29. The lowest BCUT2D eigenvalue weighted by molar-refractivity contribution is -0.138. The fraction of sp³-hybridized carbons (Fsp3) is 0.259. The first-order chi connectivity index (χ1) is 16.0. The van der Waals surface area contributed by atoms with Crippen LogP contribution in [0.15, 0.2) is 72.8 Å². The monoisotopic (exact) mass is 446 g/mol. The van der Waals surface area contributed by atoms with Gasteiger partial charge >= 0.3 is 0 Å². The molecule has 6 heteroatoms. The second-order valence-corrected chi connectivity index (χ2v) is 8.18. The fourth-order valence-corrected chi connectivity index (χ4v) is 3.94. The van der Waals surface area contributed by atoms with Gasteiger partial charge < -0.3 is 15.0 Å². The average Bonchev–Trinajstić information content (AvgIpc) is 2.95. The molecule has 0 fully saturated rings. The molecule has 3 aromatic carbocycles. The van der Waals surface area contributed by atoms with E-state index in [9.17, 15) is 14.0 Å². The van der Waals surface area contributed by atoms with Crippen molar-refractivity contribution in [1.29, 1.82) is 0 Å². The van der Waals surface area contributed by atoms with E-state index in [4.69, 9.17) is 4.74 Å². The summed E-state index contributed by atoms with van der Waals surface area (Å²) in [6.45, 7) is 2.80. The lowest BCUT2D eigenvalue weighted by Crippen LogP contribution is -2.40. The SMILES string of the molecule is CCC1Oc2ccc(NC(=O)Cc3ccccc3)cc2CN(CCc2ccc(F)cc2)C1=O. The van der Waals surface area contributed by atoms with Gasteiger partial charge in [-0.15, -0.1) is 0 Å². The van der Waals surface area contributed by atoms with E-state index >= 15 is 0 Å². The minimum atomic E-state index is -0.557. The Morgan fingerprint density at radius 3 is 2.55 bits per heavy atom. The molecular weight excluding hydrogens is 419 g/mol. The van der Waals surface area contributed by atoms with Gasteiger partial charge in [0.15, 0.2) is 6.10 Å². The number of anilines is 1. The number of halogens is 1. The van der Waals surface area contributed by atoms with Crippen molar-refractivity contribution in [2.24, 2.45) is 0 Å². The Morgan fingerprint density at radius 1 is 1.06 bits per heavy atom. The Hall–Kier alpha value is -3.67. The largest absolute Gasteiger partial charge is 0.480 e. The summed E-state index contributed by atoms with van der Waals surface area (Å²) in [5, 5.41) is 2.94. The zero-order chi connectivity index (χ0) is 23.2. The standard InChI is InChI=1S/C27H27FN2O3/c1-2-24-27(32)30(15-14-19-8-10-22(28)11-9-19)18-21-17-23(12-13-25(21)33-24)29-26(31)16-20-6-4-3-5-7-20/h3-13,17,24H,2,14-16,18H2,1H3,(H,29,31). The summed E-state index contributed by atoms with van der Waals surface area (Å²) >= 11 is 0. The molecule has 0 saturated carbocycles. The third-order valence-electron chi connectivity index (χ3n) is 5.72. The number of rotatable bonds is 7. The molecule has 1 aliphatic rings. The molecule has 0 saturated heterocycles. The van der Waals surface area contributed by atoms with Gasteiger partial charge in [0, 0.05) is 24.3 Å². The number of benzene rings is 3. The average molecular weight is 447 g/mol. The third kappa shape index (κ3) is 5.77. The normalized spacial score (nSPS) is 15.4. The van der Waals surface area contributed by atoms with Crippen molar-refractivity contribution < 1.29 is 18.7 Å². The van der Waals surface area contributed by atoms with Crippen LogP contribution in [0.25, 0.3) is 0 Å². The molecule has 0 aromatic heterocycles. The molecule has 2 amide bonds. The lowest BCUT2D eigenvalue weighted by atomic mass is 10.1. The number of carbonyl (C=O) groups excluding carboxylic acids is 2. The molecule has 1 N–H and O–H groups in total. The van der Waals surface area contributed by atoms with E-state index in [1.807, 2.05) is 49.4 Å². The molecule has 0 aliphatic carbocycles. The highest BCUT2D eigenvalue weighted by atomic mass is 19.1. The van der Waals surface area contributed by atoms with Gasteiger partial charge in [0.1, 0.15) is 11.6 Å². The molecular formula is C27H27FN2O3. The van der Waals surface area contributed by atoms with Gasteiger partial charge in [0.05, 0.1) is 6.42 Å². The van der Waals surface area contributed by atoms with Crippen molar-refractivity contribution >= 4 is 17.5 Å².